The molecule has 0 saturated heterocycles. The van der Waals surface area contributed by atoms with Gasteiger partial charge in [-0.1, -0.05) is 0 Å². The number of aliphatic hydroxyl groups excluding tert-OH is 2. The molecule has 0 saturated carbocycles. The molecule has 0 spiro atoms. The highest BCUT2D eigenvalue weighted by atomic mass is 32.2. The van der Waals surface area contributed by atoms with Gasteiger partial charge >= 0.3 is 0 Å². The van der Waals surface area contributed by atoms with Crippen molar-refractivity contribution >= 4 is 21.4 Å². The number of nitro groups is 1. The molecule has 9 nitrogen and oxygen atoms in total. The number of anilines is 1. The summed E-state index contributed by atoms with van der Waals surface area (Å²) in [4.78, 5) is 9.59. The Morgan fingerprint density at radius 2 is 1.80 bits per heavy atom. The number of benzene rings is 1. The van der Waals surface area contributed by atoms with Crippen LogP contribution >= 0.6 is 0 Å². The summed E-state index contributed by atoms with van der Waals surface area (Å²) in [6.45, 7) is -1.27. The number of nitrogens with two attached hydrogens (primary N) is 1. The normalized spacial score (nSPS) is 11.8. The van der Waals surface area contributed by atoms with E-state index in [0.717, 1.165) is 22.5 Å². The van der Waals surface area contributed by atoms with Crippen LogP contribution in [0, 0.1) is 10.1 Å². The molecule has 0 aliphatic heterocycles. The van der Waals surface area contributed by atoms with Crippen molar-refractivity contribution in [2.24, 2.45) is 0 Å². The minimum absolute atomic E-state index is 0.209. The van der Waals surface area contributed by atoms with Gasteiger partial charge in [0.1, 0.15) is 4.90 Å². The van der Waals surface area contributed by atoms with E-state index < -0.39 is 28.2 Å². The lowest BCUT2D eigenvalue weighted by atomic mass is 10.3. The highest BCUT2D eigenvalue weighted by Gasteiger charge is 2.26. The average molecular weight is 305 g/mol. The van der Waals surface area contributed by atoms with E-state index in [1.54, 1.807) is 0 Å². The fraction of sp³-hybridized carbons (Fsp3) is 0.400. The van der Waals surface area contributed by atoms with Gasteiger partial charge in [-0.05, 0) is 6.07 Å². The second-order valence-electron chi connectivity index (χ2n) is 3.83. The van der Waals surface area contributed by atoms with Crippen molar-refractivity contribution in [1.82, 2.24) is 4.31 Å². The number of hydrogen-bond acceptors (Lipinski definition) is 7. The Morgan fingerprint density at radius 3 is 2.20 bits per heavy atom. The molecular formula is C10H15N3O6S. The lowest BCUT2D eigenvalue weighted by Crippen LogP contribution is -2.36. The van der Waals surface area contributed by atoms with Crippen molar-refractivity contribution in [3.63, 3.8) is 0 Å². The van der Waals surface area contributed by atoms with E-state index in [0.29, 0.717) is 0 Å². The zero-order chi connectivity index (χ0) is 15.3. The van der Waals surface area contributed by atoms with Crippen molar-refractivity contribution in [3.8, 4) is 0 Å². The van der Waals surface area contributed by atoms with E-state index in [1.807, 2.05) is 0 Å². The van der Waals surface area contributed by atoms with E-state index in [2.05, 4.69) is 0 Å². The number of nitro benzene ring substituents is 1. The van der Waals surface area contributed by atoms with Gasteiger partial charge in [0.15, 0.2) is 0 Å². The Morgan fingerprint density at radius 1 is 1.25 bits per heavy atom. The third-order valence-electron chi connectivity index (χ3n) is 2.52. The van der Waals surface area contributed by atoms with Gasteiger partial charge in [0.2, 0.25) is 10.0 Å². The van der Waals surface area contributed by atoms with Crippen LogP contribution in [0.1, 0.15) is 0 Å². The third-order valence-corrected chi connectivity index (χ3v) is 4.49. The molecule has 0 radical (unpaired) electrons. The SMILES string of the molecule is Nc1cc([N+](=O)[O-])ccc1S(=O)(=O)N(CCO)CCO. The van der Waals surface area contributed by atoms with Crippen LogP contribution in [0.5, 0.6) is 0 Å². The minimum atomic E-state index is -4.03. The van der Waals surface area contributed by atoms with Crippen LogP contribution in [-0.2, 0) is 10.0 Å². The summed E-state index contributed by atoms with van der Waals surface area (Å²) in [6, 6.07) is 3.01. The Hall–Kier alpha value is -1.75. The fourth-order valence-corrected chi connectivity index (χ4v) is 3.12. The van der Waals surface area contributed by atoms with Crippen molar-refractivity contribution in [2.75, 3.05) is 32.0 Å². The minimum Gasteiger partial charge on any atom is -0.397 e. The van der Waals surface area contributed by atoms with Crippen LogP contribution in [-0.4, -0.2) is 54.2 Å². The number of aliphatic hydroxyl groups is 2. The van der Waals surface area contributed by atoms with Crippen LogP contribution in [0.4, 0.5) is 11.4 Å². The zero-order valence-electron chi connectivity index (χ0n) is 10.5. The molecule has 10 heteroatoms. The van der Waals surface area contributed by atoms with E-state index in [4.69, 9.17) is 15.9 Å². The van der Waals surface area contributed by atoms with Crippen molar-refractivity contribution in [2.45, 2.75) is 4.90 Å². The van der Waals surface area contributed by atoms with E-state index in [-0.39, 0.29) is 29.4 Å². The molecule has 4 N–H and O–H groups in total. The molecular weight excluding hydrogens is 290 g/mol. The molecule has 0 aromatic heterocycles. The first-order chi connectivity index (χ1) is 9.34. The van der Waals surface area contributed by atoms with Gasteiger partial charge < -0.3 is 15.9 Å². The topological polar surface area (TPSA) is 147 Å². The van der Waals surface area contributed by atoms with Crippen molar-refractivity contribution in [3.05, 3.63) is 28.3 Å². The van der Waals surface area contributed by atoms with E-state index in [1.165, 1.54) is 0 Å². The molecule has 0 atom stereocenters. The molecule has 0 heterocycles. The standard InChI is InChI=1S/C10H15N3O6S/c11-9-7-8(13(16)17)1-2-10(9)20(18,19)12(3-5-14)4-6-15/h1-2,7,14-15H,3-6,11H2. The maximum Gasteiger partial charge on any atom is 0.271 e. The molecule has 1 rings (SSSR count). The summed E-state index contributed by atoms with van der Waals surface area (Å²) < 4.78 is 25.4. The summed E-state index contributed by atoms with van der Waals surface area (Å²) >= 11 is 0. The molecule has 1 aromatic carbocycles. The molecule has 20 heavy (non-hydrogen) atoms. The smallest absolute Gasteiger partial charge is 0.271 e. The van der Waals surface area contributed by atoms with Gasteiger partial charge in [0, 0.05) is 25.2 Å². The Balaban J connectivity index is 3.23. The van der Waals surface area contributed by atoms with Crippen LogP contribution in [0.2, 0.25) is 0 Å². The highest BCUT2D eigenvalue weighted by molar-refractivity contribution is 7.89. The Labute approximate surface area is 115 Å². The van der Waals surface area contributed by atoms with E-state index >= 15 is 0 Å². The van der Waals surface area contributed by atoms with Gasteiger partial charge in [0.05, 0.1) is 23.8 Å². The quantitative estimate of drug-likeness (QED) is 0.338. The number of nitrogens with zero attached hydrogens (tertiary/aromatic N) is 2. The summed E-state index contributed by atoms with van der Waals surface area (Å²) in [5, 5.41) is 28.3. The molecule has 0 amide bonds. The van der Waals surface area contributed by atoms with Crippen LogP contribution in [0.15, 0.2) is 23.1 Å². The van der Waals surface area contributed by atoms with Crippen LogP contribution in [0.25, 0.3) is 0 Å². The molecule has 112 valence electrons. The molecule has 0 unspecified atom stereocenters. The number of hydrogen-bond donors (Lipinski definition) is 3. The lowest BCUT2D eigenvalue weighted by Gasteiger charge is -2.21. The highest BCUT2D eigenvalue weighted by Crippen LogP contribution is 2.26. The van der Waals surface area contributed by atoms with Gasteiger partial charge in [0.25, 0.3) is 5.69 Å². The first-order valence-electron chi connectivity index (χ1n) is 5.60. The number of nitrogen functional groups attached to an aromatic ring is 1. The molecule has 1 aromatic rings. The molecule has 0 bridgehead atoms. The summed E-state index contributed by atoms with van der Waals surface area (Å²) in [5.74, 6) is 0. The van der Waals surface area contributed by atoms with Gasteiger partial charge in [-0.15, -0.1) is 0 Å². The first-order valence-corrected chi connectivity index (χ1v) is 7.04. The van der Waals surface area contributed by atoms with Crippen LogP contribution < -0.4 is 5.73 Å². The maximum atomic E-state index is 12.3. The van der Waals surface area contributed by atoms with Gasteiger partial charge in [-0.3, -0.25) is 10.1 Å². The average Bonchev–Trinajstić information content (AvgIpc) is 2.37. The van der Waals surface area contributed by atoms with Crippen molar-refractivity contribution in [1.29, 1.82) is 0 Å². The van der Waals surface area contributed by atoms with Gasteiger partial charge in [-0.25, -0.2) is 8.42 Å². The number of non-ortho nitro benzene ring substituents is 1. The second kappa shape index (κ2) is 6.61. The monoisotopic (exact) mass is 305 g/mol. The second-order valence-corrected chi connectivity index (χ2v) is 5.74. The Bertz CT molecular complexity index is 583. The predicted molar refractivity (Wildman–Crippen MR) is 70.4 cm³/mol. The summed E-state index contributed by atoms with van der Waals surface area (Å²) in [5.41, 5.74) is 4.95. The molecule has 0 aliphatic carbocycles. The Kier molecular flexibility index (Phi) is 5.39. The number of sulfonamides is 1. The summed E-state index contributed by atoms with van der Waals surface area (Å²) in [6.07, 6.45) is 0. The number of rotatable bonds is 7. The van der Waals surface area contributed by atoms with Gasteiger partial charge in [-0.2, -0.15) is 4.31 Å². The fourth-order valence-electron chi connectivity index (χ4n) is 1.60. The lowest BCUT2D eigenvalue weighted by molar-refractivity contribution is -0.384. The third kappa shape index (κ3) is 3.42. The zero-order valence-corrected chi connectivity index (χ0v) is 11.3. The molecule has 0 aliphatic rings. The maximum absolute atomic E-state index is 12.3. The molecule has 0 fully saturated rings. The predicted octanol–water partition coefficient (Wildman–Crippen LogP) is -0.848. The largest absolute Gasteiger partial charge is 0.397 e. The van der Waals surface area contributed by atoms with Crippen LogP contribution in [0.3, 0.4) is 0 Å². The van der Waals surface area contributed by atoms with E-state index in [9.17, 15) is 18.5 Å². The summed E-state index contributed by atoms with van der Waals surface area (Å²) in [7, 11) is -4.03. The first kappa shape index (κ1) is 16.3. The van der Waals surface area contributed by atoms with Crippen molar-refractivity contribution < 1.29 is 23.6 Å².